The summed E-state index contributed by atoms with van der Waals surface area (Å²) in [5, 5.41) is 17.5. The third kappa shape index (κ3) is 6.20. The van der Waals surface area contributed by atoms with Crippen molar-refractivity contribution in [2.75, 3.05) is 18.1 Å². The Kier molecular flexibility index (Phi) is 9.54. The second-order valence-corrected chi connectivity index (χ2v) is 16.7. The number of nitrogens with zero attached hydrogens (tertiary/aromatic N) is 4. The molecule has 2 aliphatic rings. The van der Waals surface area contributed by atoms with E-state index in [2.05, 4.69) is 59.2 Å². The molecule has 0 unspecified atom stereocenters. The van der Waals surface area contributed by atoms with Crippen molar-refractivity contribution in [3.05, 3.63) is 63.4 Å². The number of aromatic nitrogens is 3. The lowest BCUT2D eigenvalue weighted by atomic mass is 9.82. The number of hydrogen-bond donors (Lipinski definition) is 1. The van der Waals surface area contributed by atoms with E-state index in [1.54, 1.807) is 24.0 Å². The summed E-state index contributed by atoms with van der Waals surface area (Å²) in [4.78, 5) is 16.2. The average molecular weight is 634 g/mol. The fraction of sp³-hybridized carbons (Fsp3) is 0.567. The lowest BCUT2D eigenvalue weighted by Gasteiger charge is -2.31. The highest BCUT2D eigenvalue weighted by Crippen LogP contribution is 2.60. The van der Waals surface area contributed by atoms with Gasteiger partial charge in [0.25, 0.3) is 5.91 Å². The molecule has 1 amide bonds. The second-order valence-electron chi connectivity index (χ2n) is 12.0. The zero-order chi connectivity index (χ0) is 29.2. The van der Waals surface area contributed by atoms with Crippen LogP contribution in [0.2, 0.25) is 18.6 Å². The first-order valence-electron chi connectivity index (χ1n) is 14.2. The molecule has 1 saturated heterocycles. The molecule has 0 aliphatic carbocycles. The molecule has 7 nitrogen and oxygen atoms in total. The topological polar surface area (TPSA) is 80.5 Å². The molecule has 1 fully saturated rings. The van der Waals surface area contributed by atoms with Gasteiger partial charge in [-0.25, -0.2) is 0 Å². The number of amides is 1. The van der Waals surface area contributed by atoms with E-state index in [9.17, 15) is 9.90 Å². The van der Waals surface area contributed by atoms with Crippen LogP contribution in [0, 0.1) is 5.92 Å². The number of benzene rings is 1. The summed E-state index contributed by atoms with van der Waals surface area (Å²) < 4.78 is 25.4. The molecule has 40 heavy (non-hydrogen) atoms. The summed E-state index contributed by atoms with van der Waals surface area (Å²) in [7, 11) is -3.24. The SMILES string of the molecule is CC(C)=CCC/C(C)=C/CN1C(=O)[C@@]2(O[C@@H](CCn3cc(CCO)nn3)[C@H]([Si](C)(C)F)[C@H]2C)c2cc(Br)ccc21. The quantitative estimate of drug-likeness (QED) is 0.174. The molecule has 10 heteroatoms. The number of aryl methyl sites for hydroxylation is 1. The predicted molar refractivity (Wildman–Crippen MR) is 162 cm³/mol. The predicted octanol–water partition coefficient (Wildman–Crippen LogP) is 6.48. The number of hydrogen-bond acceptors (Lipinski definition) is 5. The number of fused-ring (bicyclic) bond motifs is 2. The maximum Gasteiger partial charge on any atom is 0.264 e. The van der Waals surface area contributed by atoms with Gasteiger partial charge in [-0.1, -0.05) is 51.4 Å². The number of carbonyl (C=O) groups is 1. The van der Waals surface area contributed by atoms with Gasteiger partial charge in [-0.05, 0) is 71.3 Å². The summed E-state index contributed by atoms with van der Waals surface area (Å²) in [5.41, 5.74) is 3.27. The van der Waals surface area contributed by atoms with Crippen molar-refractivity contribution < 1.29 is 18.7 Å². The number of halogens is 2. The number of anilines is 1. The Morgan fingerprint density at radius 1 is 1.27 bits per heavy atom. The van der Waals surface area contributed by atoms with E-state index in [-0.39, 0.29) is 24.0 Å². The molecule has 4 atom stereocenters. The third-order valence-electron chi connectivity index (χ3n) is 8.23. The van der Waals surface area contributed by atoms with Crippen LogP contribution >= 0.6 is 15.9 Å². The van der Waals surface area contributed by atoms with Crippen molar-refractivity contribution in [1.82, 2.24) is 15.0 Å². The Labute approximate surface area is 246 Å². The zero-order valence-corrected chi connectivity index (χ0v) is 27.0. The molecule has 0 radical (unpaired) electrons. The molecule has 1 N–H and O–H groups in total. The van der Waals surface area contributed by atoms with Crippen LogP contribution in [0.5, 0.6) is 0 Å². The van der Waals surface area contributed by atoms with Gasteiger partial charge in [0.2, 0.25) is 8.41 Å². The van der Waals surface area contributed by atoms with Gasteiger partial charge in [0, 0.05) is 53.8 Å². The molecule has 0 saturated carbocycles. The Bertz CT molecular complexity index is 1290. The highest BCUT2D eigenvalue weighted by atomic mass is 79.9. The number of allylic oxidation sites excluding steroid dienone is 3. The standard InChI is InChI=1S/C30H42BrFN4O3Si/c1-20(2)8-7-9-21(3)12-16-36-26-11-10-23(31)18-25(26)30(29(36)38)22(4)28(40(5,6)32)27(39-30)13-15-35-19-24(14-17-37)33-34-35/h8,10-12,18-19,22,27-28,37H,7,9,13-17H2,1-6H3/b21-12+/t22-,27+,28-,30+/m1/s1. The fourth-order valence-electron chi connectivity index (χ4n) is 6.34. The normalized spacial score (nSPS) is 24.7. The molecule has 1 spiro atoms. The molecule has 4 rings (SSSR count). The fourth-order valence-corrected chi connectivity index (χ4v) is 9.25. The Balaban J connectivity index is 1.64. The van der Waals surface area contributed by atoms with Crippen LogP contribution in [-0.2, 0) is 28.1 Å². The number of carbonyl (C=O) groups excluding carboxylic acids is 1. The molecular weight excluding hydrogens is 591 g/mol. The first-order chi connectivity index (χ1) is 18.9. The molecule has 0 bridgehead atoms. The van der Waals surface area contributed by atoms with E-state index in [0.717, 1.165) is 28.6 Å². The van der Waals surface area contributed by atoms with Crippen molar-refractivity contribution >= 4 is 35.9 Å². The Morgan fingerprint density at radius 3 is 2.70 bits per heavy atom. The van der Waals surface area contributed by atoms with Crippen molar-refractivity contribution in [3.8, 4) is 0 Å². The summed E-state index contributed by atoms with van der Waals surface area (Å²) in [6, 6.07) is 5.88. The van der Waals surface area contributed by atoms with Crippen molar-refractivity contribution in [1.29, 1.82) is 0 Å². The van der Waals surface area contributed by atoms with Gasteiger partial charge in [-0.15, -0.1) is 5.10 Å². The number of ether oxygens (including phenoxy) is 1. The van der Waals surface area contributed by atoms with Gasteiger partial charge in [-0.2, -0.15) is 0 Å². The Morgan fingerprint density at radius 2 is 2.02 bits per heavy atom. The average Bonchev–Trinajstić information content (AvgIpc) is 3.51. The van der Waals surface area contributed by atoms with Crippen LogP contribution in [0.3, 0.4) is 0 Å². The van der Waals surface area contributed by atoms with Gasteiger partial charge in [0.1, 0.15) is 0 Å². The largest absolute Gasteiger partial charge is 0.396 e. The lowest BCUT2D eigenvalue weighted by molar-refractivity contribution is -0.145. The van der Waals surface area contributed by atoms with E-state index in [0.29, 0.717) is 31.6 Å². The minimum atomic E-state index is -3.24. The van der Waals surface area contributed by atoms with Gasteiger partial charge in [-0.3, -0.25) is 9.48 Å². The summed E-state index contributed by atoms with van der Waals surface area (Å²) in [6.07, 6.45) is 8.57. The van der Waals surface area contributed by atoms with Crippen molar-refractivity contribution in [3.63, 3.8) is 0 Å². The third-order valence-corrected chi connectivity index (χ3v) is 11.2. The second kappa shape index (κ2) is 12.4. The van der Waals surface area contributed by atoms with E-state index in [1.165, 1.54) is 11.1 Å². The van der Waals surface area contributed by atoms with Crippen LogP contribution in [0.1, 0.15) is 58.2 Å². The van der Waals surface area contributed by atoms with Crippen LogP contribution in [0.4, 0.5) is 9.80 Å². The molecule has 2 aliphatic heterocycles. The maximum atomic E-state index is 16.0. The molecule has 2 aromatic rings. The Hall–Kier alpha value is -2.14. The van der Waals surface area contributed by atoms with E-state index in [4.69, 9.17) is 4.74 Å². The molecule has 1 aromatic carbocycles. The van der Waals surface area contributed by atoms with Crippen LogP contribution in [-0.4, -0.2) is 53.7 Å². The van der Waals surface area contributed by atoms with Gasteiger partial charge in [0.15, 0.2) is 5.60 Å². The highest BCUT2D eigenvalue weighted by Gasteiger charge is 2.66. The highest BCUT2D eigenvalue weighted by molar-refractivity contribution is 9.10. The first-order valence-corrected chi connectivity index (χ1v) is 17.9. The van der Waals surface area contributed by atoms with Crippen LogP contribution < -0.4 is 4.90 Å². The van der Waals surface area contributed by atoms with E-state index >= 15 is 4.11 Å². The lowest BCUT2D eigenvalue weighted by Crippen LogP contribution is -2.45. The molecule has 1 aromatic heterocycles. The monoisotopic (exact) mass is 632 g/mol. The first kappa shape index (κ1) is 30.8. The van der Waals surface area contributed by atoms with Crippen LogP contribution in [0.25, 0.3) is 0 Å². The molecule has 218 valence electrons. The molecular formula is C30H42BrFN4O3Si. The van der Waals surface area contributed by atoms with Gasteiger partial charge < -0.3 is 18.9 Å². The number of aliphatic hydroxyl groups excluding tert-OH is 1. The smallest absolute Gasteiger partial charge is 0.264 e. The number of rotatable bonds is 11. The van der Waals surface area contributed by atoms with Gasteiger partial charge >= 0.3 is 0 Å². The van der Waals surface area contributed by atoms with Crippen molar-refractivity contribution in [2.24, 2.45) is 5.92 Å². The summed E-state index contributed by atoms with van der Waals surface area (Å²) in [5.74, 6) is -0.448. The maximum absolute atomic E-state index is 16.0. The van der Waals surface area contributed by atoms with Crippen molar-refractivity contribution in [2.45, 2.75) is 90.3 Å². The van der Waals surface area contributed by atoms with Crippen LogP contribution in [0.15, 0.2) is 52.2 Å². The summed E-state index contributed by atoms with van der Waals surface area (Å²) >= 11 is 3.60. The minimum absolute atomic E-state index is 0.00588. The van der Waals surface area contributed by atoms with E-state index in [1.807, 2.05) is 30.0 Å². The summed E-state index contributed by atoms with van der Waals surface area (Å²) in [6.45, 7) is 12.7. The zero-order valence-electron chi connectivity index (χ0n) is 24.5. The molecule has 3 heterocycles. The van der Waals surface area contributed by atoms with E-state index < -0.39 is 20.1 Å². The van der Waals surface area contributed by atoms with Gasteiger partial charge in [0.05, 0.1) is 17.5 Å². The minimum Gasteiger partial charge on any atom is -0.396 e. The number of aliphatic hydroxyl groups is 1.